The number of carbonyl (C=O) groups excluding carboxylic acids is 1. The van der Waals surface area contributed by atoms with Gasteiger partial charge in [-0.25, -0.2) is 0 Å². The van der Waals surface area contributed by atoms with Gasteiger partial charge in [0.2, 0.25) is 5.76 Å². The van der Waals surface area contributed by atoms with Crippen LogP contribution in [0.15, 0.2) is 51.9 Å². The molecule has 0 bridgehead atoms. The molecule has 0 N–H and O–H groups in total. The predicted octanol–water partition coefficient (Wildman–Crippen LogP) is 2.72. The largest absolute Gasteiger partial charge is 0.450 e. The first kappa shape index (κ1) is 19.2. The molecule has 0 radical (unpaired) electrons. The summed E-state index contributed by atoms with van der Waals surface area (Å²) in [5, 5.41) is 0.826. The Labute approximate surface area is 177 Å². The summed E-state index contributed by atoms with van der Waals surface area (Å²) >= 11 is 6.11. The molecule has 4 heterocycles. The van der Waals surface area contributed by atoms with E-state index in [1.807, 2.05) is 12.1 Å². The SMILES string of the molecule is O=C1c2oc3ccc(Cl)cc3c(=O)c2[C@H](c2ccncc2)N1CCN1CCOCC1. The van der Waals surface area contributed by atoms with Crippen molar-refractivity contribution in [3.05, 3.63) is 74.9 Å². The van der Waals surface area contributed by atoms with E-state index >= 15 is 0 Å². The molecule has 1 atom stereocenters. The molecule has 0 spiro atoms. The van der Waals surface area contributed by atoms with E-state index < -0.39 is 6.04 Å². The molecule has 1 fully saturated rings. The van der Waals surface area contributed by atoms with Crippen LogP contribution < -0.4 is 5.43 Å². The van der Waals surface area contributed by atoms with Gasteiger partial charge in [0.25, 0.3) is 5.91 Å². The van der Waals surface area contributed by atoms with Crippen molar-refractivity contribution in [3.8, 4) is 0 Å². The third-order valence-electron chi connectivity index (χ3n) is 5.71. The second kappa shape index (κ2) is 7.83. The number of nitrogens with zero attached hydrogens (tertiary/aromatic N) is 3. The molecule has 7 nitrogen and oxygen atoms in total. The molecule has 154 valence electrons. The summed E-state index contributed by atoms with van der Waals surface area (Å²) in [6.07, 6.45) is 3.33. The minimum atomic E-state index is -0.517. The lowest BCUT2D eigenvalue weighted by molar-refractivity contribution is 0.0314. The van der Waals surface area contributed by atoms with Crippen molar-refractivity contribution in [3.63, 3.8) is 0 Å². The zero-order valence-electron chi connectivity index (χ0n) is 16.2. The fraction of sp³-hybridized carbons (Fsp3) is 0.318. The highest BCUT2D eigenvalue weighted by Crippen LogP contribution is 2.38. The van der Waals surface area contributed by atoms with Crippen LogP contribution in [0.4, 0.5) is 0 Å². The van der Waals surface area contributed by atoms with Crippen molar-refractivity contribution in [2.45, 2.75) is 6.04 Å². The molecule has 0 saturated carbocycles. The second-order valence-corrected chi connectivity index (χ2v) is 7.89. The van der Waals surface area contributed by atoms with Crippen molar-refractivity contribution in [2.75, 3.05) is 39.4 Å². The average molecular weight is 426 g/mol. The number of halogens is 1. The lowest BCUT2D eigenvalue weighted by atomic mass is 9.99. The maximum Gasteiger partial charge on any atom is 0.290 e. The molecule has 5 rings (SSSR count). The van der Waals surface area contributed by atoms with Gasteiger partial charge in [-0.15, -0.1) is 0 Å². The van der Waals surface area contributed by atoms with Gasteiger partial charge in [0, 0.05) is 43.6 Å². The second-order valence-electron chi connectivity index (χ2n) is 7.45. The maximum atomic E-state index is 13.4. The number of carbonyl (C=O) groups is 1. The third kappa shape index (κ3) is 3.29. The number of hydrogen-bond donors (Lipinski definition) is 0. The van der Waals surface area contributed by atoms with E-state index in [1.165, 1.54) is 0 Å². The van der Waals surface area contributed by atoms with Gasteiger partial charge in [0.15, 0.2) is 5.43 Å². The van der Waals surface area contributed by atoms with Gasteiger partial charge < -0.3 is 14.1 Å². The Morgan fingerprint density at radius 1 is 1.07 bits per heavy atom. The third-order valence-corrected chi connectivity index (χ3v) is 5.95. The molecule has 3 aromatic rings. The van der Waals surface area contributed by atoms with E-state index in [0.717, 1.165) is 18.7 Å². The van der Waals surface area contributed by atoms with Gasteiger partial charge in [-0.1, -0.05) is 11.6 Å². The summed E-state index contributed by atoms with van der Waals surface area (Å²) in [7, 11) is 0. The topological polar surface area (TPSA) is 75.9 Å². The number of pyridine rings is 1. The summed E-state index contributed by atoms with van der Waals surface area (Å²) < 4.78 is 11.3. The Morgan fingerprint density at radius 2 is 1.83 bits per heavy atom. The highest BCUT2D eigenvalue weighted by atomic mass is 35.5. The van der Waals surface area contributed by atoms with Crippen LogP contribution in [0, 0.1) is 0 Å². The molecular weight excluding hydrogens is 406 g/mol. The zero-order valence-corrected chi connectivity index (χ0v) is 17.0. The van der Waals surface area contributed by atoms with Gasteiger partial charge in [-0.3, -0.25) is 19.5 Å². The van der Waals surface area contributed by atoms with Crippen LogP contribution in [0.2, 0.25) is 5.02 Å². The van der Waals surface area contributed by atoms with E-state index in [1.54, 1.807) is 35.5 Å². The number of aromatic nitrogens is 1. The molecule has 2 aromatic heterocycles. The van der Waals surface area contributed by atoms with Crippen molar-refractivity contribution in [2.24, 2.45) is 0 Å². The van der Waals surface area contributed by atoms with Crippen molar-refractivity contribution in [1.29, 1.82) is 0 Å². The Hall–Kier alpha value is -2.74. The molecule has 1 aromatic carbocycles. The normalized spacial score (nSPS) is 19.4. The Morgan fingerprint density at radius 3 is 2.60 bits per heavy atom. The van der Waals surface area contributed by atoms with Gasteiger partial charge >= 0.3 is 0 Å². The van der Waals surface area contributed by atoms with E-state index in [0.29, 0.717) is 47.9 Å². The molecule has 0 aliphatic carbocycles. The highest BCUT2D eigenvalue weighted by Gasteiger charge is 2.42. The Kier molecular flexibility index (Phi) is 5.02. The summed E-state index contributed by atoms with van der Waals surface area (Å²) in [6, 6.07) is 8.01. The van der Waals surface area contributed by atoms with Crippen LogP contribution in [0.25, 0.3) is 11.0 Å². The van der Waals surface area contributed by atoms with Gasteiger partial charge in [0.1, 0.15) is 5.58 Å². The summed E-state index contributed by atoms with van der Waals surface area (Å²) in [5.41, 5.74) is 1.33. The fourth-order valence-corrected chi connectivity index (χ4v) is 4.36. The zero-order chi connectivity index (χ0) is 20.7. The predicted molar refractivity (Wildman–Crippen MR) is 112 cm³/mol. The monoisotopic (exact) mass is 425 g/mol. The van der Waals surface area contributed by atoms with Gasteiger partial charge in [-0.2, -0.15) is 0 Å². The van der Waals surface area contributed by atoms with Crippen LogP contribution in [-0.4, -0.2) is 60.1 Å². The molecule has 2 aliphatic rings. The first-order valence-electron chi connectivity index (χ1n) is 9.91. The number of morpholine rings is 1. The quantitative estimate of drug-likeness (QED) is 0.639. The number of fused-ring (bicyclic) bond motifs is 2. The molecular formula is C22H20ClN3O4. The van der Waals surface area contributed by atoms with Crippen LogP contribution in [0.3, 0.4) is 0 Å². The highest BCUT2D eigenvalue weighted by molar-refractivity contribution is 6.31. The molecule has 8 heteroatoms. The van der Waals surface area contributed by atoms with Crippen molar-refractivity contribution < 1.29 is 13.9 Å². The van der Waals surface area contributed by atoms with Crippen LogP contribution in [0.5, 0.6) is 0 Å². The first-order valence-corrected chi connectivity index (χ1v) is 10.3. The molecule has 2 aliphatic heterocycles. The maximum absolute atomic E-state index is 13.4. The minimum absolute atomic E-state index is 0.110. The first-order chi connectivity index (χ1) is 14.6. The Balaban J connectivity index is 1.60. The van der Waals surface area contributed by atoms with Crippen molar-refractivity contribution >= 4 is 28.5 Å². The van der Waals surface area contributed by atoms with E-state index in [4.69, 9.17) is 20.8 Å². The summed E-state index contributed by atoms with van der Waals surface area (Å²) in [4.78, 5) is 34.8. The van der Waals surface area contributed by atoms with Crippen molar-refractivity contribution in [1.82, 2.24) is 14.8 Å². The molecule has 30 heavy (non-hydrogen) atoms. The number of amides is 1. The number of rotatable bonds is 4. The van der Waals surface area contributed by atoms with E-state index in [2.05, 4.69) is 9.88 Å². The number of hydrogen-bond acceptors (Lipinski definition) is 6. The van der Waals surface area contributed by atoms with E-state index in [9.17, 15) is 9.59 Å². The number of ether oxygens (including phenoxy) is 1. The smallest absolute Gasteiger partial charge is 0.290 e. The summed E-state index contributed by atoms with van der Waals surface area (Å²) in [5.74, 6) is -0.160. The van der Waals surface area contributed by atoms with Gasteiger partial charge in [0.05, 0.1) is 30.2 Å². The minimum Gasteiger partial charge on any atom is -0.450 e. The number of benzene rings is 1. The lowest BCUT2D eigenvalue weighted by Gasteiger charge is -2.31. The van der Waals surface area contributed by atoms with Crippen LogP contribution in [0.1, 0.15) is 27.7 Å². The summed E-state index contributed by atoms with van der Waals surface area (Å²) in [6.45, 7) is 4.21. The lowest BCUT2D eigenvalue weighted by Crippen LogP contribution is -2.42. The molecule has 1 amide bonds. The fourth-order valence-electron chi connectivity index (χ4n) is 4.19. The average Bonchev–Trinajstić information content (AvgIpc) is 3.06. The van der Waals surface area contributed by atoms with Crippen LogP contribution >= 0.6 is 11.6 Å². The standard InChI is InChI=1S/C22H20ClN3O4/c23-15-1-2-17-16(13-15)20(27)18-19(14-3-5-24-6-4-14)26(22(28)21(18)30-17)8-7-25-9-11-29-12-10-25/h1-6,13,19H,7-12H2/t19-/m0/s1. The van der Waals surface area contributed by atoms with Gasteiger partial charge in [-0.05, 0) is 35.9 Å². The van der Waals surface area contributed by atoms with Crippen LogP contribution in [-0.2, 0) is 4.74 Å². The van der Waals surface area contributed by atoms with E-state index in [-0.39, 0.29) is 17.1 Å². The molecule has 0 unspecified atom stereocenters. The molecule has 1 saturated heterocycles. The Bertz CT molecular complexity index is 1160.